The van der Waals surface area contributed by atoms with Gasteiger partial charge in [-0.25, -0.2) is 4.79 Å². The molecular weight excluding hydrogens is 302 g/mol. The SMILES string of the molecule is O=C(COC(=O)Cn1ccc(=O)[nH]c1=O)NCC1CCCCC1. The standard InChI is InChI=1S/C15H21N3O5/c19-12-6-7-18(15(22)17-12)9-14(21)23-10-13(20)16-8-11-4-2-1-3-5-11/h6-7,11H,1-5,8-10H2,(H,16,20)(H,17,19,22). The summed E-state index contributed by atoms with van der Waals surface area (Å²) in [6.45, 7) is -0.120. The summed E-state index contributed by atoms with van der Waals surface area (Å²) >= 11 is 0. The number of hydrogen-bond donors (Lipinski definition) is 2. The molecule has 1 aliphatic rings. The van der Waals surface area contributed by atoms with Crippen LogP contribution < -0.4 is 16.6 Å². The largest absolute Gasteiger partial charge is 0.454 e. The monoisotopic (exact) mass is 323 g/mol. The van der Waals surface area contributed by atoms with E-state index in [1.165, 1.54) is 25.5 Å². The Hall–Kier alpha value is -2.38. The molecule has 0 saturated heterocycles. The number of ether oxygens (including phenoxy) is 1. The molecule has 0 bridgehead atoms. The summed E-state index contributed by atoms with van der Waals surface area (Å²) in [6.07, 6.45) is 7.09. The maximum Gasteiger partial charge on any atom is 0.328 e. The second kappa shape index (κ2) is 8.30. The van der Waals surface area contributed by atoms with Gasteiger partial charge >= 0.3 is 11.7 Å². The van der Waals surface area contributed by atoms with Gasteiger partial charge in [0, 0.05) is 18.8 Å². The molecule has 0 radical (unpaired) electrons. The van der Waals surface area contributed by atoms with Gasteiger partial charge in [-0.05, 0) is 18.8 Å². The fraction of sp³-hybridized carbons (Fsp3) is 0.600. The lowest BCUT2D eigenvalue weighted by molar-refractivity contribution is -0.149. The third kappa shape index (κ3) is 5.72. The zero-order valence-electron chi connectivity index (χ0n) is 12.9. The maximum atomic E-state index is 11.6. The highest BCUT2D eigenvalue weighted by atomic mass is 16.5. The highest BCUT2D eigenvalue weighted by Gasteiger charge is 2.15. The molecule has 1 aromatic rings. The molecule has 1 saturated carbocycles. The molecule has 2 N–H and O–H groups in total. The van der Waals surface area contributed by atoms with Crippen molar-refractivity contribution < 1.29 is 14.3 Å². The second-order valence-corrected chi connectivity index (χ2v) is 5.71. The molecule has 0 spiro atoms. The van der Waals surface area contributed by atoms with Gasteiger partial charge in [0.15, 0.2) is 6.61 Å². The van der Waals surface area contributed by atoms with E-state index in [4.69, 9.17) is 4.74 Å². The van der Waals surface area contributed by atoms with Crippen LogP contribution in [0.25, 0.3) is 0 Å². The Morgan fingerprint density at radius 1 is 1.26 bits per heavy atom. The van der Waals surface area contributed by atoms with E-state index >= 15 is 0 Å². The average Bonchev–Trinajstić information content (AvgIpc) is 2.54. The number of aromatic nitrogens is 2. The lowest BCUT2D eigenvalue weighted by atomic mass is 9.89. The van der Waals surface area contributed by atoms with Crippen LogP contribution in [0.4, 0.5) is 0 Å². The molecule has 0 unspecified atom stereocenters. The molecule has 0 atom stereocenters. The Kier molecular flexibility index (Phi) is 6.13. The Balaban J connectivity index is 1.70. The highest BCUT2D eigenvalue weighted by molar-refractivity contribution is 5.80. The number of esters is 1. The van der Waals surface area contributed by atoms with Crippen LogP contribution in [0, 0.1) is 5.92 Å². The summed E-state index contributed by atoms with van der Waals surface area (Å²) in [4.78, 5) is 47.6. The number of nitrogens with zero attached hydrogens (tertiary/aromatic N) is 1. The highest BCUT2D eigenvalue weighted by Crippen LogP contribution is 2.22. The molecule has 8 nitrogen and oxygen atoms in total. The van der Waals surface area contributed by atoms with E-state index in [1.807, 2.05) is 4.98 Å². The Labute approximate surface area is 132 Å². The molecule has 23 heavy (non-hydrogen) atoms. The number of amides is 1. The Morgan fingerprint density at radius 2 is 2.00 bits per heavy atom. The number of H-pyrrole nitrogens is 1. The molecule has 1 amide bonds. The third-order valence-electron chi connectivity index (χ3n) is 3.87. The lowest BCUT2D eigenvalue weighted by Crippen LogP contribution is -2.35. The van der Waals surface area contributed by atoms with Crippen molar-refractivity contribution in [2.45, 2.75) is 38.6 Å². The van der Waals surface area contributed by atoms with Crippen molar-refractivity contribution >= 4 is 11.9 Å². The van der Waals surface area contributed by atoms with E-state index in [-0.39, 0.29) is 19.1 Å². The number of hydrogen-bond acceptors (Lipinski definition) is 5. The minimum Gasteiger partial charge on any atom is -0.454 e. The molecular formula is C15H21N3O5. The van der Waals surface area contributed by atoms with Gasteiger partial charge in [-0.3, -0.25) is 23.9 Å². The lowest BCUT2D eigenvalue weighted by Gasteiger charge is -2.21. The van der Waals surface area contributed by atoms with Crippen LogP contribution in [0.1, 0.15) is 32.1 Å². The number of carbonyl (C=O) groups excluding carboxylic acids is 2. The first-order chi connectivity index (χ1) is 11.0. The fourth-order valence-corrected chi connectivity index (χ4v) is 2.60. The number of carbonyl (C=O) groups is 2. The fourth-order valence-electron chi connectivity index (χ4n) is 2.60. The average molecular weight is 323 g/mol. The van der Waals surface area contributed by atoms with Crippen molar-refractivity contribution in [3.8, 4) is 0 Å². The molecule has 8 heteroatoms. The predicted octanol–water partition coefficient (Wildman–Crippen LogP) is -0.224. The predicted molar refractivity (Wildman–Crippen MR) is 81.9 cm³/mol. The zero-order valence-corrected chi connectivity index (χ0v) is 12.9. The van der Waals surface area contributed by atoms with Crippen LogP contribution in [0.15, 0.2) is 21.9 Å². The maximum absolute atomic E-state index is 11.6. The first-order valence-electron chi connectivity index (χ1n) is 7.76. The van der Waals surface area contributed by atoms with Crippen LogP contribution in [0.2, 0.25) is 0 Å². The van der Waals surface area contributed by atoms with E-state index in [1.54, 1.807) is 0 Å². The molecule has 1 heterocycles. The first kappa shape index (κ1) is 17.0. The van der Waals surface area contributed by atoms with Crippen molar-refractivity contribution in [2.24, 2.45) is 5.92 Å². The summed E-state index contributed by atoms with van der Waals surface area (Å²) in [6, 6.07) is 1.13. The number of nitrogens with one attached hydrogen (secondary N) is 2. The summed E-state index contributed by atoms with van der Waals surface area (Å²) in [7, 11) is 0. The molecule has 0 aromatic carbocycles. The molecule has 1 aliphatic carbocycles. The third-order valence-corrected chi connectivity index (χ3v) is 3.87. The van der Waals surface area contributed by atoms with Crippen molar-refractivity contribution in [1.29, 1.82) is 0 Å². The van der Waals surface area contributed by atoms with Crippen LogP contribution in [-0.2, 0) is 20.9 Å². The van der Waals surface area contributed by atoms with E-state index in [9.17, 15) is 19.2 Å². The minimum absolute atomic E-state index is 0.349. The summed E-state index contributed by atoms with van der Waals surface area (Å²) in [5, 5.41) is 2.76. The van der Waals surface area contributed by atoms with Crippen molar-refractivity contribution in [2.75, 3.05) is 13.2 Å². The van der Waals surface area contributed by atoms with Gasteiger partial charge < -0.3 is 10.1 Å². The van der Waals surface area contributed by atoms with Crippen molar-refractivity contribution in [1.82, 2.24) is 14.9 Å². The van der Waals surface area contributed by atoms with Crippen LogP contribution in [-0.4, -0.2) is 34.6 Å². The quantitative estimate of drug-likeness (QED) is 0.703. The zero-order chi connectivity index (χ0) is 16.7. The first-order valence-corrected chi connectivity index (χ1v) is 7.76. The number of aromatic amines is 1. The number of rotatable bonds is 6. The van der Waals surface area contributed by atoms with Gasteiger partial charge in [-0.15, -0.1) is 0 Å². The summed E-state index contributed by atoms with van der Waals surface area (Å²) in [5.41, 5.74) is -1.24. The Morgan fingerprint density at radius 3 is 2.70 bits per heavy atom. The van der Waals surface area contributed by atoms with Crippen LogP contribution in [0.5, 0.6) is 0 Å². The van der Waals surface area contributed by atoms with E-state index in [0.29, 0.717) is 12.5 Å². The smallest absolute Gasteiger partial charge is 0.328 e. The molecule has 1 fully saturated rings. The Bertz CT molecular complexity index is 658. The summed E-state index contributed by atoms with van der Waals surface area (Å²) in [5.74, 6) is -0.562. The molecule has 1 aromatic heterocycles. The van der Waals surface area contributed by atoms with Crippen molar-refractivity contribution in [3.05, 3.63) is 33.1 Å². The van der Waals surface area contributed by atoms with Gasteiger partial charge in [0.1, 0.15) is 6.54 Å². The topological polar surface area (TPSA) is 110 Å². The van der Waals surface area contributed by atoms with E-state index in [2.05, 4.69) is 5.32 Å². The molecule has 2 rings (SSSR count). The minimum atomic E-state index is -0.716. The van der Waals surface area contributed by atoms with Crippen LogP contribution >= 0.6 is 0 Å². The summed E-state index contributed by atoms with van der Waals surface area (Å²) < 4.78 is 5.83. The van der Waals surface area contributed by atoms with Gasteiger partial charge in [0.05, 0.1) is 0 Å². The second-order valence-electron chi connectivity index (χ2n) is 5.71. The van der Waals surface area contributed by atoms with Gasteiger partial charge in [-0.1, -0.05) is 19.3 Å². The van der Waals surface area contributed by atoms with Crippen LogP contribution in [0.3, 0.4) is 0 Å². The van der Waals surface area contributed by atoms with E-state index in [0.717, 1.165) is 23.5 Å². The van der Waals surface area contributed by atoms with Gasteiger partial charge in [0.25, 0.3) is 11.5 Å². The normalized spacial score (nSPS) is 15.1. The molecule has 0 aliphatic heterocycles. The van der Waals surface area contributed by atoms with Gasteiger partial charge in [0.2, 0.25) is 0 Å². The molecule has 126 valence electrons. The van der Waals surface area contributed by atoms with Gasteiger partial charge in [-0.2, -0.15) is 0 Å². The van der Waals surface area contributed by atoms with E-state index < -0.39 is 17.2 Å². The van der Waals surface area contributed by atoms with Crippen molar-refractivity contribution in [3.63, 3.8) is 0 Å².